The monoisotopic (exact) mass is 338 g/mol. The van der Waals surface area contributed by atoms with Gasteiger partial charge in [0, 0.05) is 38.3 Å². The van der Waals surface area contributed by atoms with Gasteiger partial charge < -0.3 is 10.6 Å². The van der Waals surface area contributed by atoms with Crippen molar-refractivity contribution in [1.29, 1.82) is 0 Å². The topological polar surface area (TPSA) is 30.5 Å². The van der Waals surface area contributed by atoms with E-state index in [-0.39, 0.29) is 0 Å². The predicted octanol–water partition coefficient (Wildman–Crippen LogP) is 2.41. The van der Waals surface area contributed by atoms with Gasteiger partial charge in [-0.25, -0.2) is 0 Å². The molecule has 2 unspecified atom stereocenters. The van der Waals surface area contributed by atoms with Crippen molar-refractivity contribution in [2.75, 3.05) is 52.4 Å². The van der Waals surface area contributed by atoms with Gasteiger partial charge in [-0.05, 0) is 63.7 Å². The van der Waals surface area contributed by atoms with E-state index in [1.165, 1.54) is 58.4 Å². The third kappa shape index (κ3) is 6.99. The fraction of sp³-hybridized carbons (Fsp3) is 1.00. The SMILES string of the molecule is CC(C)C[C@H]1CNCCCNCCCN2CCN1C[C@@H]2CC(C)C. The van der Waals surface area contributed by atoms with Gasteiger partial charge in [-0.3, -0.25) is 9.80 Å². The summed E-state index contributed by atoms with van der Waals surface area (Å²) in [5, 5.41) is 7.36. The molecule has 0 aromatic heterocycles. The van der Waals surface area contributed by atoms with E-state index >= 15 is 0 Å². The Labute approximate surface area is 150 Å². The maximum Gasteiger partial charge on any atom is 0.0226 e. The molecule has 0 saturated carbocycles. The van der Waals surface area contributed by atoms with E-state index in [0.717, 1.165) is 37.5 Å². The number of hydrogen-bond donors (Lipinski definition) is 2. The van der Waals surface area contributed by atoms with Crippen LogP contribution in [0.25, 0.3) is 0 Å². The lowest BCUT2D eigenvalue weighted by Gasteiger charge is -2.46. The molecule has 2 N–H and O–H groups in total. The average molecular weight is 339 g/mol. The summed E-state index contributed by atoms with van der Waals surface area (Å²) in [5.74, 6) is 1.56. The predicted molar refractivity (Wildman–Crippen MR) is 105 cm³/mol. The standard InChI is InChI=1S/C20H42N4/c1-17(2)13-19-15-22-8-5-7-21-9-6-10-23-11-12-24(19)16-20(23)14-18(3)4/h17-22H,5-16H2,1-4H3/t19-,20-/m0/s1. The van der Waals surface area contributed by atoms with Crippen molar-refractivity contribution in [3.63, 3.8) is 0 Å². The second-order valence-corrected chi connectivity index (χ2v) is 8.76. The molecule has 4 atom stereocenters. The van der Waals surface area contributed by atoms with Crippen molar-refractivity contribution in [1.82, 2.24) is 20.4 Å². The lowest BCUT2D eigenvalue weighted by Crippen LogP contribution is -2.58. The van der Waals surface area contributed by atoms with Crippen LogP contribution in [0.15, 0.2) is 0 Å². The lowest BCUT2D eigenvalue weighted by atomic mass is 9.96. The second kappa shape index (κ2) is 10.7. The highest BCUT2D eigenvalue weighted by Crippen LogP contribution is 2.21. The summed E-state index contributed by atoms with van der Waals surface area (Å²) >= 11 is 0. The molecule has 0 aromatic rings. The number of fused-ring (bicyclic) bond motifs is 11. The third-order valence-electron chi connectivity index (χ3n) is 5.53. The lowest BCUT2D eigenvalue weighted by molar-refractivity contribution is 0.0320. The molecule has 3 saturated heterocycles. The molecule has 0 radical (unpaired) electrons. The van der Waals surface area contributed by atoms with E-state index in [1.54, 1.807) is 0 Å². The normalized spacial score (nSPS) is 33.8. The van der Waals surface area contributed by atoms with Gasteiger partial charge >= 0.3 is 0 Å². The van der Waals surface area contributed by atoms with Gasteiger partial charge in [-0.1, -0.05) is 27.7 Å². The largest absolute Gasteiger partial charge is 0.317 e. The molecule has 142 valence electrons. The molecule has 3 aliphatic heterocycles. The van der Waals surface area contributed by atoms with Crippen LogP contribution in [-0.4, -0.2) is 74.2 Å². The third-order valence-corrected chi connectivity index (χ3v) is 5.53. The second-order valence-electron chi connectivity index (χ2n) is 8.76. The molecule has 4 heteroatoms. The van der Waals surface area contributed by atoms with E-state index < -0.39 is 0 Å². The summed E-state index contributed by atoms with van der Waals surface area (Å²) in [4.78, 5) is 5.59. The molecule has 0 spiro atoms. The Bertz CT molecular complexity index is 324. The van der Waals surface area contributed by atoms with Crippen LogP contribution in [-0.2, 0) is 0 Å². The molecular weight excluding hydrogens is 296 g/mol. The molecule has 0 aliphatic carbocycles. The Morgan fingerprint density at radius 2 is 1.38 bits per heavy atom. The first-order valence-corrected chi connectivity index (χ1v) is 10.5. The van der Waals surface area contributed by atoms with Crippen LogP contribution < -0.4 is 10.6 Å². The van der Waals surface area contributed by atoms with E-state index in [4.69, 9.17) is 0 Å². The Hall–Kier alpha value is -0.160. The molecule has 0 aromatic carbocycles. The first kappa shape index (κ1) is 20.2. The number of nitrogens with zero attached hydrogens (tertiary/aromatic N) is 2. The Morgan fingerprint density at radius 1 is 0.750 bits per heavy atom. The van der Waals surface area contributed by atoms with Crippen molar-refractivity contribution in [2.24, 2.45) is 11.8 Å². The maximum atomic E-state index is 3.74. The van der Waals surface area contributed by atoms with Crippen LogP contribution in [0, 0.1) is 11.8 Å². The summed E-state index contributed by atoms with van der Waals surface area (Å²) in [5.41, 5.74) is 0. The first-order chi connectivity index (χ1) is 11.6. The minimum absolute atomic E-state index is 0.706. The van der Waals surface area contributed by atoms with Crippen LogP contribution in [0.5, 0.6) is 0 Å². The van der Waals surface area contributed by atoms with Gasteiger partial charge in [0.25, 0.3) is 0 Å². The number of rotatable bonds is 4. The summed E-state index contributed by atoms with van der Waals surface area (Å²) in [6.07, 6.45) is 5.19. The zero-order chi connectivity index (χ0) is 17.4. The molecule has 3 aliphatic rings. The van der Waals surface area contributed by atoms with Crippen molar-refractivity contribution >= 4 is 0 Å². The van der Waals surface area contributed by atoms with E-state index in [0.29, 0.717) is 6.04 Å². The van der Waals surface area contributed by atoms with Gasteiger partial charge in [-0.2, -0.15) is 0 Å². The van der Waals surface area contributed by atoms with Crippen LogP contribution in [0.4, 0.5) is 0 Å². The van der Waals surface area contributed by atoms with Crippen molar-refractivity contribution < 1.29 is 0 Å². The highest BCUT2D eigenvalue weighted by atomic mass is 15.3. The van der Waals surface area contributed by atoms with Crippen LogP contribution in [0.2, 0.25) is 0 Å². The summed E-state index contributed by atoms with van der Waals surface area (Å²) in [6, 6.07) is 1.45. The minimum Gasteiger partial charge on any atom is -0.317 e. The summed E-state index contributed by atoms with van der Waals surface area (Å²) in [7, 11) is 0. The van der Waals surface area contributed by atoms with Gasteiger partial charge in [0.2, 0.25) is 0 Å². The molecule has 0 amide bonds. The first-order valence-electron chi connectivity index (χ1n) is 10.5. The summed E-state index contributed by atoms with van der Waals surface area (Å²) in [6.45, 7) is 19.2. The zero-order valence-electron chi connectivity index (χ0n) is 16.7. The van der Waals surface area contributed by atoms with E-state index in [2.05, 4.69) is 48.1 Å². The number of nitrogens with one attached hydrogen (secondary N) is 2. The molecule has 4 nitrogen and oxygen atoms in total. The number of piperazine rings is 1. The quantitative estimate of drug-likeness (QED) is 0.824. The smallest absolute Gasteiger partial charge is 0.0226 e. The summed E-state index contributed by atoms with van der Waals surface area (Å²) < 4.78 is 0. The molecule has 3 fully saturated rings. The van der Waals surface area contributed by atoms with Gasteiger partial charge in [0.15, 0.2) is 0 Å². The Kier molecular flexibility index (Phi) is 9.02. The zero-order valence-corrected chi connectivity index (χ0v) is 16.7. The van der Waals surface area contributed by atoms with Gasteiger partial charge in [0.05, 0.1) is 0 Å². The number of hydrogen-bond acceptors (Lipinski definition) is 4. The van der Waals surface area contributed by atoms with Crippen LogP contribution in [0.3, 0.4) is 0 Å². The van der Waals surface area contributed by atoms with Crippen molar-refractivity contribution in [3.8, 4) is 0 Å². The molecule has 3 rings (SSSR count). The van der Waals surface area contributed by atoms with Crippen LogP contribution >= 0.6 is 0 Å². The van der Waals surface area contributed by atoms with Gasteiger partial charge in [0.1, 0.15) is 0 Å². The Morgan fingerprint density at radius 3 is 2.12 bits per heavy atom. The molecule has 24 heavy (non-hydrogen) atoms. The average Bonchev–Trinajstić information content (AvgIpc) is 2.52. The van der Waals surface area contributed by atoms with E-state index in [9.17, 15) is 0 Å². The Balaban J connectivity index is 2.04. The van der Waals surface area contributed by atoms with E-state index in [1.807, 2.05) is 0 Å². The molecule has 3 heterocycles. The van der Waals surface area contributed by atoms with Gasteiger partial charge in [-0.15, -0.1) is 0 Å². The highest BCUT2D eigenvalue weighted by Gasteiger charge is 2.31. The fourth-order valence-corrected chi connectivity index (χ4v) is 4.36. The fourth-order valence-electron chi connectivity index (χ4n) is 4.36. The van der Waals surface area contributed by atoms with Crippen molar-refractivity contribution in [2.45, 2.75) is 65.5 Å². The maximum absolute atomic E-state index is 3.74. The minimum atomic E-state index is 0.706. The van der Waals surface area contributed by atoms with Crippen molar-refractivity contribution in [3.05, 3.63) is 0 Å². The highest BCUT2D eigenvalue weighted by molar-refractivity contribution is 4.87. The van der Waals surface area contributed by atoms with Crippen LogP contribution in [0.1, 0.15) is 53.4 Å². The molecular formula is C20H42N4. The molecule has 2 bridgehead atoms.